The molecule has 110 valence electrons. The first-order valence-electron chi connectivity index (χ1n) is 6.55. The van der Waals surface area contributed by atoms with E-state index in [2.05, 4.69) is 4.90 Å². The molecule has 0 saturated carbocycles. The molecule has 0 spiro atoms. The maximum Gasteiger partial charge on any atom is 0.317 e. The van der Waals surface area contributed by atoms with Gasteiger partial charge < -0.3 is 19.5 Å². The lowest BCUT2D eigenvalue weighted by molar-refractivity contribution is -0.138. The van der Waals surface area contributed by atoms with E-state index in [4.69, 9.17) is 14.6 Å². The first kappa shape index (κ1) is 14.5. The Hall–Kier alpha value is -1.95. The molecule has 1 aromatic rings. The van der Waals surface area contributed by atoms with E-state index in [-0.39, 0.29) is 6.54 Å². The summed E-state index contributed by atoms with van der Waals surface area (Å²) in [6.07, 6.45) is 0. The van der Waals surface area contributed by atoms with Gasteiger partial charge in [0, 0.05) is 32.2 Å². The van der Waals surface area contributed by atoms with Crippen molar-refractivity contribution in [2.75, 3.05) is 51.8 Å². The Balaban J connectivity index is 2.07. The third-order valence-electron chi connectivity index (χ3n) is 3.46. The number of hydrogen-bond acceptors (Lipinski definition) is 5. The minimum atomic E-state index is -0.780. The van der Waals surface area contributed by atoms with Gasteiger partial charge in [0.05, 0.1) is 26.5 Å². The van der Waals surface area contributed by atoms with Crippen LogP contribution in [0.4, 0.5) is 5.69 Å². The topological polar surface area (TPSA) is 62.2 Å². The number of methoxy groups -OCH3 is 2. The molecule has 0 aromatic heterocycles. The van der Waals surface area contributed by atoms with Crippen LogP contribution in [-0.2, 0) is 4.79 Å². The molecular formula is C14H20N2O4. The first-order valence-corrected chi connectivity index (χ1v) is 6.55. The molecule has 0 aliphatic carbocycles. The van der Waals surface area contributed by atoms with Gasteiger partial charge in [0.2, 0.25) is 0 Å². The molecule has 1 heterocycles. The second kappa shape index (κ2) is 6.47. The van der Waals surface area contributed by atoms with Crippen LogP contribution in [0.15, 0.2) is 18.2 Å². The Kier molecular flexibility index (Phi) is 4.68. The van der Waals surface area contributed by atoms with Gasteiger partial charge in [-0.25, -0.2) is 0 Å². The molecule has 1 saturated heterocycles. The highest BCUT2D eigenvalue weighted by Gasteiger charge is 2.21. The van der Waals surface area contributed by atoms with Crippen molar-refractivity contribution in [3.05, 3.63) is 18.2 Å². The van der Waals surface area contributed by atoms with Crippen molar-refractivity contribution in [3.8, 4) is 11.5 Å². The van der Waals surface area contributed by atoms with E-state index in [0.29, 0.717) is 0 Å². The monoisotopic (exact) mass is 280 g/mol. The highest BCUT2D eigenvalue weighted by Crippen LogP contribution is 2.32. The summed E-state index contributed by atoms with van der Waals surface area (Å²) >= 11 is 0. The summed E-state index contributed by atoms with van der Waals surface area (Å²) in [6, 6.07) is 5.70. The highest BCUT2D eigenvalue weighted by atomic mass is 16.5. The third-order valence-corrected chi connectivity index (χ3v) is 3.46. The number of benzene rings is 1. The smallest absolute Gasteiger partial charge is 0.317 e. The number of nitrogens with zero attached hydrogens (tertiary/aromatic N) is 2. The molecule has 1 aliphatic rings. The summed E-state index contributed by atoms with van der Waals surface area (Å²) in [5.41, 5.74) is 0.988. The average Bonchev–Trinajstić information content (AvgIpc) is 2.46. The third kappa shape index (κ3) is 3.33. The van der Waals surface area contributed by atoms with Crippen LogP contribution in [0.1, 0.15) is 0 Å². The number of carboxylic acids is 1. The fourth-order valence-corrected chi connectivity index (χ4v) is 2.38. The summed E-state index contributed by atoms with van der Waals surface area (Å²) in [7, 11) is 3.28. The Morgan fingerprint density at radius 1 is 1.20 bits per heavy atom. The summed E-state index contributed by atoms with van der Waals surface area (Å²) in [4.78, 5) is 14.8. The number of aliphatic carboxylic acids is 1. The molecule has 1 aromatic carbocycles. The van der Waals surface area contributed by atoms with E-state index in [1.54, 1.807) is 14.2 Å². The predicted molar refractivity (Wildman–Crippen MR) is 75.8 cm³/mol. The zero-order valence-corrected chi connectivity index (χ0v) is 11.8. The van der Waals surface area contributed by atoms with Crippen LogP contribution in [0.3, 0.4) is 0 Å². The van der Waals surface area contributed by atoms with Crippen LogP contribution in [0.25, 0.3) is 0 Å². The Morgan fingerprint density at radius 3 is 2.45 bits per heavy atom. The van der Waals surface area contributed by atoms with Crippen molar-refractivity contribution in [3.63, 3.8) is 0 Å². The van der Waals surface area contributed by atoms with E-state index in [1.807, 2.05) is 23.1 Å². The quantitative estimate of drug-likeness (QED) is 0.865. The normalized spacial score (nSPS) is 16.0. The van der Waals surface area contributed by atoms with Gasteiger partial charge in [-0.05, 0) is 12.1 Å². The van der Waals surface area contributed by atoms with Gasteiger partial charge >= 0.3 is 5.97 Å². The minimum Gasteiger partial charge on any atom is -0.497 e. The molecule has 20 heavy (non-hydrogen) atoms. The van der Waals surface area contributed by atoms with Crippen LogP contribution < -0.4 is 14.4 Å². The number of rotatable bonds is 5. The van der Waals surface area contributed by atoms with Crippen molar-refractivity contribution in [1.82, 2.24) is 4.90 Å². The number of carboxylic acid groups (broad SMARTS) is 1. The van der Waals surface area contributed by atoms with Gasteiger partial charge in [-0.1, -0.05) is 0 Å². The molecule has 1 N–H and O–H groups in total. The lowest BCUT2D eigenvalue weighted by Gasteiger charge is -2.35. The van der Waals surface area contributed by atoms with Crippen LogP contribution in [0.2, 0.25) is 0 Å². The maximum atomic E-state index is 10.7. The number of anilines is 1. The fourth-order valence-electron chi connectivity index (χ4n) is 2.38. The second-order valence-corrected chi connectivity index (χ2v) is 4.69. The number of hydrogen-bond donors (Lipinski definition) is 1. The molecular weight excluding hydrogens is 260 g/mol. The van der Waals surface area contributed by atoms with Gasteiger partial charge in [0.1, 0.15) is 11.5 Å². The van der Waals surface area contributed by atoms with E-state index < -0.39 is 5.97 Å². The molecule has 0 radical (unpaired) electrons. The van der Waals surface area contributed by atoms with E-state index in [1.165, 1.54) is 0 Å². The Morgan fingerprint density at radius 2 is 1.90 bits per heavy atom. The van der Waals surface area contributed by atoms with Crippen LogP contribution in [0, 0.1) is 0 Å². The zero-order valence-electron chi connectivity index (χ0n) is 11.8. The number of ether oxygens (including phenoxy) is 2. The average molecular weight is 280 g/mol. The van der Waals surface area contributed by atoms with Crippen LogP contribution >= 0.6 is 0 Å². The highest BCUT2D eigenvalue weighted by molar-refractivity contribution is 5.69. The van der Waals surface area contributed by atoms with Crippen molar-refractivity contribution >= 4 is 11.7 Å². The lowest BCUT2D eigenvalue weighted by Crippen LogP contribution is -2.48. The van der Waals surface area contributed by atoms with Crippen LogP contribution in [-0.4, -0.2) is 62.9 Å². The summed E-state index contributed by atoms with van der Waals surface area (Å²) < 4.78 is 10.6. The van der Waals surface area contributed by atoms with Gasteiger partial charge in [-0.3, -0.25) is 9.69 Å². The van der Waals surface area contributed by atoms with E-state index in [9.17, 15) is 4.79 Å². The largest absolute Gasteiger partial charge is 0.497 e. The van der Waals surface area contributed by atoms with Crippen molar-refractivity contribution in [2.24, 2.45) is 0 Å². The molecule has 0 atom stereocenters. The van der Waals surface area contributed by atoms with Crippen LogP contribution in [0.5, 0.6) is 11.5 Å². The molecule has 0 unspecified atom stereocenters. The summed E-state index contributed by atoms with van der Waals surface area (Å²) in [5, 5.41) is 8.81. The van der Waals surface area contributed by atoms with Gasteiger partial charge in [-0.15, -0.1) is 0 Å². The maximum absolute atomic E-state index is 10.7. The number of piperazine rings is 1. The van der Waals surface area contributed by atoms with E-state index >= 15 is 0 Å². The molecule has 6 nitrogen and oxygen atoms in total. The summed E-state index contributed by atoms with van der Waals surface area (Å²) in [6.45, 7) is 3.11. The standard InChI is InChI=1S/C14H20N2O4/c1-19-11-3-4-13(20-2)12(9-11)16-7-5-15(6-8-16)10-14(17)18/h3-4,9H,5-8,10H2,1-2H3,(H,17,18). The minimum absolute atomic E-state index is 0.100. The van der Waals surface area contributed by atoms with Gasteiger partial charge in [-0.2, -0.15) is 0 Å². The SMILES string of the molecule is COc1ccc(OC)c(N2CCN(CC(=O)O)CC2)c1. The van der Waals surface area contributed by atoms with Crippen molar-refractivity contribution < 1.29 is 19.4 Å². The lowest BCUT2D eigenvalue weighted by atomic mass is 10.2. The zero-order chi connectivity index (χ0) is 14.5. The molecule has 1 fully saturated rings. The van der Waals surface area contributed by atoms with Crippen molar-refractivity contribution in [2.45, 2.75) is 0 Å². The van der Waals surface area contributed by atoms with E-state index in [0.717, 1.165) is 43.4 Å². The molecule has 6 heteroatoms. The first-order chi connectivity index (χ1) is 9.63. The van der Waals surface area contributed by atoms with Crippen molar-refractivity contribution in [1.29, 1.82) is 0 Å². The van der Waals surface area contributed by atoms with Gasteiger partial charge in [0.15, 0.2) is 0 Å². The fraction of sp³-hybridized carbons (Fsp3) is 0.500. The Bertz CT molecular complexity index is 470. The summed E-state index contributed by atoms with van der Waals surface area (Å²) in [5.74, 6) is 0.809. The molecule has 0 amide bonds. The number of carbonyl (C=O) groups is 1. The molecule has 1 aliphatic heterocycles. The Labute approximate surface area is 118 Å². The van der Waals surface area contributed by atoms with Gasteiger partial charge in [0.25, 0.3) is 0 Å². The second-order valence-electron chi connectivity index (χ2n) is 4.69. The molecule has 2 rings (SSSR count). The predicted octanol–water partition coefficient (Wildman–Crippen LogP) is 0.910. The molecule has 0 bridgehead atoms.